The molecule has 4 heteroatoms. The van der Waals surface area contributed by atoms with Gasteiger partial charge in [0, 0.05) is 11.5 Å². The van der Waals surface area contributed by atoms with E-state index in [4.69, 9.17) is 10.5 Å². The Bertz CT molecular complexity index is 418. The maximum atomic E-state index is 9.70. The second-order valence-electron chi connectivity index (χ2n) is 5.19. The van der Waals surface area contributed by atoms with Crippen LogP contribution in [0.5, 0.6) is 5.75 Å². The fourth-order valence-corrected chi connectivity index (χ4v) is 2.18. The summed E-state index contributed by atoms with van der Waals surface area (Å²) in [7, 11) is 1.60. The molecule has 1 saturated carbocycles. The number of nitrogens with one attached hydrogen (secondary N) is 1. The molecule has 1 aliphatic rings. The zero-order valence-electron chi connectivity index (χ0n) is 10.5. The van der Waals surface area contributed by atoms with Gasteiger partial charge in [-0.3, -0.25) is 0 Å². The first-order valence-electron chi connectivity index (χ1n) is 5.84. The minimum absolute atomic E-state index is 0.116. The predicted molar refractivity (Wildman–Crippen MR) is 69.2 cm³/mol. The van der Waals surface area contributed by atoms with Crippen LogP contribution in [0.3, 0.4) is 0 Å². The largest absolute Gasteiger partial charge is 0.495 e. The number of methoxy groups -OCH3 is 1. The molecule has 0 aliphatic heterocycles. The van der Waals surface area contributed by atoms with Crippen LogP contribution in [-0.4, -0.2) is 24.4 Å². The lowest BCUT2D eigenvalue weighted by Gasteiger charge is -2.50. The second-order valence-corrected chi connectivity index (χ2v) is 5.19. The maximum Gasteiger partial charge on any atom is 0.143 e. The van der Waals surface area contributed by atoms with E-state index in [1.165, 1.54) is 0 Å². The molecule has 94 valence electrons. The highest BCUT2D eigenvalue weighted by atomic mass is 16.5. The maximum absolute atomic E-state index is 9.70. The van der Waals surface area contributed by atoms with Gasteiger partial charge in [-0.2, -0.15) is 0 Å². The van der Waals surface area contributed by atoms with Crippen LogP contribution in [0.15, 0.2) is 18.2 Å². The molecule has 0 aromatic heterocycles. The third-order valence-electron chi connectivity index (χ3n) is 3.83. The lowest BCUT2D eigenvalue weighted by Crippen LogP contribution is -2.56. The van der Waals surface area contributed by atoms with Crippen LogP contribution in [-0.2, 0) is 0 Å². The number of hydrogen-bond acceptors (Lipinski definition) is 4. The van der Waals surface area contributed by atoms with Crippen LogP contribution >= 0.6 is 0 Å². The molecule has 4 N–H and O–H groups in total. The van der Waals surface area contributed by atoms with E-state index >= 15 is 0 Å². The molecule has 2 rings (SSSR count). The number of anilines is 2. The second kappa shape index (κ2) is 4.11. The van der Waals surface area contributed by atoms with Gasteiger partial charge in [-0.05, 0) is 18.6 Å². The van der Waals surface area contributed by atoms with Crippen molar-refractivity contribution in [1.82, 2.24) is 0 Å². The van der Waals surface area contributed by atoms with Gasteiger partial charge in [0.15, 0.2) is 0 Å². The molecule has 4 nitrogen and oxygen atoms in total. The van der Waals surface area contributed by atoms with Crippen molar-refractivity contribution in [2.75, 3.05) is 18.2 Å². The highest BCUT2D eigenvalue weighted by Gasteiger charge is 2.47. The van der Waals surface area contributed by atoms with Gasteiger partial charge in [-0.1, -0.05) is 19.9 Å². The Kier molecular flexibility index (Phi) is 2.91. The number of nitrogen functional groups attached to an aromatic ring is 1. The summed E-state index contributed by atoms with van der Waals surface area (Å²) in [4.78, 5) is 0. The van der Waals surface area contributed by atoms with Crippen LogP contribution < -0.4 is 15.8 Å². The molecule has 0 heterocycles. The van der Waals surface area contributed by atoms with Crippen molar-refractivity contribution in [3.63, 3.8) is 0 Å². The Morgan fingerprint density at radius 3 is 2.71 bits per heavy atom. The molecule has 1 aromatic carbocycles. The fourth-order valence-electron chi connectivity index (χ4n) is 2.18. The minimum atomic E-state index is -0.244. The average Bonchev–Trinajstić information content (AvgIpc) is 2.31. The quantitative estimate of drug-likeness (QED) is 0.701. The van der Waals surface area contributed by atoms with Gasteiger partial charge in [-0.15, -0.1) is 0 Å². The fraction of sp³-hybridized carbons (Fsp3) is 0.538. The van der Waals surface area contributed by atoms with E-state index in [0.29, 0.717) is 11.4 Å². The van der Waals surface area contributed by atoms with E-state index in [0.717, 1.165) is 12.1 Å². The van der Waals surface area contributed by atoms with Crippen molar-refractivity contribution in [2.24, 2.45) is 5.41 Å². The van der Waals surface area contributed by atoms with E-state index in [1.807, 2.05) is 18.2 Å². The molecule has 0 saturated heterocycles. The Balaban J connectivity index is 2.15. The zero-order chi connectivity index (χ0) is 12.6. The van der Waals surface area contributed by atoms with Gasteiger partial charge in [-0.25, -0.2) is 0 Å². The monoisotopic (exact) mass is 236 g/mol. The molecule has 2 atom stereocenters. The van der Waals surface area contributed by atoms with E-state index in [-0.39, 0.29) is 17.6 Å². The van der Waals surface area contributed by atoms with Crippen molar-refractivity contribution in [3.05, 3.63) is 18.2 Å². The zero-order valence-corrected chi connectivity index (χ0v) is 10.5. The Labute approximate surface area is 102 Å². The lowest BCUT2D eigenvalue weighted by molar-refractivity contribution is -0.0510. The summed E-state index contributed by atoms with van der Waals surface area (Å²) < 4.78 is 5.18. The standard InChI is InChI=1S/C13H20N2O2/c1-13(2)10(7-11(13)16)15-8-5-4-6-9(17-3)12(8)14/h4-6,10-11,15-16H,7,14H2,1-3H3. The van der Waals surface area contributed by atoms with Gasteiger partial charge in [0.2, 0.25) is 0 Å². The van der Waals surface area contributed by atoms with Crippen LogP contribution in [0.25, 0.3) is 0 Å². The summed E-state index contributed by atoms with van der Waals surface area (Å²) in [6.45, 7) is 4.10. The molecular formula is C13H20N2O2. The van der Waals surface area contributed by atoms with E-state index in [9.17, 15) is 5.11 Å². The highest BCUT2D eigenvalue weighted by molar-refractivity contribution is 5.73. The first kappa shape index (κ1) is 12.0. The Morgan fingerprint density at radius 2 is 2.18 bits per heavy atom. The van der Waals surface area contributed by atoms with Gasteiger partial charge in [0.05, 0.1) is 24.6 Å². The number of hydrogen-bond donors (Lipinski definition) is 3. The third kappa shape index (κ3) is 1.93. The van der Waals surface area contributed by atoms with Crippen LogP contribution in [0.4, 0.5) is 11.4 Å². The number of rotatable bonds is 3. The molecule has 0 spiro atoms. The summed E-state index contributed by atoms with van der Waals surface area (Å²) in [5.74, 6) is 0.674. The molecule has 0 bridgehead atoms. The number of benzene rings is 1. The number of aliphatic hydroxyl groups is 1. The topological polar surface area (TPSA) is 67.5 Å². The van der Waals surface area contributed by atoms with Gasteiger partial charge in [0.1, 0.15) is 5.75 Å². The average molecular weight is 236 g/mol. The number of para-hydroxylation sites is 1. The summed E-state index contributed by atoms with van der Waals surface area (Å²) in [5.41, 5.74) is 7.37. The summed E-state index contributed by atoms with van der Waals surface area (Å²) in [5, 5.41) is 13.1. The lowest BCUT2D eigenvalue weighted by atomic mass is 9.64. The normalized spacial score (nSPS) is 26.1. The van der Waals surface area contributed by atoms with E-state index < -0.39 is 0 Å². The Morgan fingerprint density at radius 1 is 1.47 bits per heavy atom. The highest BCUT2D eigenvalue weighted by Crippen LogP contribution is 2.43. The van der Waals surface area contributed by atoms with Crippen LogP contribution in [0.2, 0.25) is 0 Å². The molecule has 17 heavy (non-hydrogen) atoms. The van der Waals surface area contributed by atoms with Crippen molar-refractivity contribution in [2.45, 2.75) is 32.4 Å². The summed E-state index contributed by atoms with van der Waals surface area (Å²) >= 11 is 0. The smallest absolute Gasteiger partial charge is 0.143 e. The Hall–Kier alpha value is -1.42. The van der Waals surface area contributed by atoms with Crippen LogP contribution in [0, 0.1) is 5.41 Å². The van der Waals surface area contributed by atoms with Crippen molar-refractivity contribution < 1.29 is 9.84 Å². The van der Waals surface area contributed by atoms with Crippen molar-refractivity contribution in [3.8, 4) is 5.75 Å². The SMILES string of the molecule is COc1cccc(NC2CC(O)C2(C)C)c1N. The van der Waals surface area contributed by atoms with E-state index in [2.05, 4.69) is 19.2 Å². The van der Waals surface area contributed by atoms with E-state index in [1.54, 1.807) is 7.11 Å². The van der Waals surface area contributed by atoms with Crippen LogP contribution in [0.1, 0.15) is 20.3 Å². The molecule has 2 unspecified atom stereocenters. The molecule has 1 aliphatic carbocycles. The molecule has 1 aromatic rings. The van der Waals surface area contributed by atoms with Gasteiger partial charge < -0.3 is 20.9 Å². The summed E-state index contributed by atoms with van der Waals surface area (Å²) in [6, 6.07) is 5.91. The predicted octanol–water partition coefficient (Wildman–Crippen LogP) is 1.85. The molecular weight excluding hydrogens is 216 g/mol. The van der Waals surface area contributed by atoms with Gasteiger partial charge >= 0.3 is 0 Å². The summed E-state index contributed by atoms with van der Waals surface area (Å²) in [6.07, 6.45) is 0.510. The van der Waals surface area contributed by atoms with Crippen molar-refractivity contribution >= 4 is 11.4 Å². The van der Waals surface area contributed by atoms with Crippen molar-refractivity contribution in [1.29, 1.82) is 0 Å². The number of aliphatic hydroxyl groups excluding tert-OH is 1. The first-order chi connectivity index (χ1) is 7.96. The minimum Gasteiger partial charge on any atom is -0.495 e. The molecule has 0 radical (unpaired) electrons. The number of ether oxygens (including phenoxy) is 1. The number of nitrogens with two attached hydrogens (primary N) is 1. The third-order valence-corrected chi connectivity index (χ3v) is 3.83. The molecule has 0 amide bonds. The van der Waals surface area contributed by atoms with Gasteiger partial charge in [0.25, 0.3) is 0 Å². The molecule has 1 fully saturated rings. The first-order valence-corrected chi connectivity index (χ1v) is 5.84.